The summed E-state index contributed by atoms with van der Waals surface area (Å²) in [4.78, 5) is 26.4. The Labute approximate surface area is 215 Å². The predicted molar refractivity (Wildman–Crippen MR) is 126 cm³/mol. The second-order valence-corrected chi connectivity index (χ2v) is 13.3. The first kappa shape index (κ1) is 24.3. The number of carbonyl (C=O) groups is 2. The number of epoxide rings is 1. The smallest absolute Gasteiger partial charge is 0.302 e. The molecular weight excluding hydrogens is 480 g/mol. The van der Waals surface area contributed by atoms with Crippen LogP contribution in [0.4, 0.5) is 0 Å². The van der Waals surface area contributed by atoms with Crippen LogP contribution in [0.5, 0.6) is 0 Å². The lowest BCUT2D eigenvalue weighted by Crippen LogP contribution is -2.80. The second kappa shape index (κ2) is 7.04. The minimum absolute atomic E-state index is 0.0102. The molecule has 1 aromatic heterocycles. The fourth-order valence-corrected chi connectivity index (χ4v) is 10.7. The molecule has 6 fully saturated rings. The van der Waals surface area contributed by atoms with E-state index in [-0.39, 0.29) is 43.7 Å². The molecule has 37 heavy (non-hydrogen) atoms. The van der Waals surface area contributed by atoms with E-state index in [9.17, 15) is 24.9 Å². The van der Waals surface area contributed by atoms with Crippen molar-refractivity contribution < 1.29 is 43.5 Å². The summed E-state index contributed by atoms with van der Waals surface area (Å²) in [7, 11) is 0. The molecule has 202 valence electrons. The van der Waals surface area contributed by atoms with E-state index in [0.717, 1.165) is 12.0 Å². The molecule has 3 heterocycles. The Morgan fingerprint density at radius 1 is 1.11 bits per heavy atom. The van der Waals surface area contributed by atoms with Crippen LogP contribution in [-0.4, -0.2) is 70.0 Å². The fraction of sp³-hybridized carbons (Fsp3) is 0.786. The van der Waals surface area contributed by atoms with Crippen LogP contribution in [0.15, 0.2) is 23.0 Å². The monoisotopic (exact) mass is 516 g/mol. The third kappa shape index (κ3) is 2.42. The summed E-state index contributed by atoms with van der Waals surface area (Å²) in [5.74, 6) is -1.73. The van der Waals surface area contributed by atoms with Crippen molar-refractivity contribution in [1.29, 1.82) is 0 Å². The zero-order valence-corrected chi connectivity index (χ0v) is 21.7. The predicted octanol–water partition coefficient (Wildman–Crippen LogP) is 1.92. The van der Waals surface area contributed by atoms with Gasteiger partial charge in [0.15, 0.2) is 6.29 Å². The molecule has 6 aliphatic rings. The van der Waals surface area contributed by atoms with Crippen LogP contribution >= 0.6 is 0 Å². The molecule has 3 N–H and O–H groups in total. The largest absolute Gasteiger partial charge is 0.472 e. The van der Waals surface area contributed by atoms with E-state index in [1.165, 1.54) is 6.92 Å². The molecule has 0 unspecified atom stereocenters. The number of Topliss-reactive ketones (excluding diaryl/α,β-unsaturated/α-hetero) is 1. The van der Waals surface area contributed by atoms with E-state index in [4.69, 9.17) is 18.6 Å². The van der Waals surface area contributed by atoms with Crippen LogP contribution in [0.3, 0.4) is 0 Å². The Morgan fingerprint density at radius 2 is 1.86 bits per heavy atom. The van der Waals surface area contributed by atoms with Gasteiger partial charge in [-0.2, -0.15) is 0 Å². The molecule has 4 saturated carbocycles. The number of furan rings is 1. The van der Waals surface area contributed by atoms with Crippen molar-refractivity contribution in [2.45, 2.75) is 95.6 Å². The summed E-state index contributed by atoms with van der Waals surface area (Å²) < 4.78 is 23.5. The molecule has 0 radical (unpaired) electrons. The minimum Gasteiger partial charge on any atom is -0.472 e. The molecule has 7 rings (SSSR count). The van der Waals surface area contributed by atoms with Gasteiger partial charge in [0.1, 0.15) is 17.5 Å². The zero-order valence-electron chi connectivity index (χ0n) is 21.7. The van der Waals surface area contributed by atoms with Gasteiger partial charge >= 0.3 is 5.97 Å². The molecule has 0 amide bonds. The number of aliphatic hydroxyl groups is 3. The maximum atomic E-state index is 14.4. The summed E-state index contributed by atoms with van der Waals surface area (Å²) in [6.07, 6.45) is 0.556. The van der Waals surface area contributed by atoms with Crippen LogP contribution in [0, 0.1) is 33.5 Å². The van der Waals surface area contributed by atoms with Gasteiger partial charge in [-0.3, -0.25) is 9.59 Å². The lowest BCUT2D eigenvalue weighted by molar-refractivity contribution is -0.371. The Morgan fingerprint density at radius 3 is 2.54 bits per heavy atom. The van der Waals surface area contributed by atoms with Gasteiger partial charge in [-0.05, 0) is 36.3 Å². The number of hydrogen-bond donors (Lipinski definition) is 3. The standard InChI is InChI=1S/C28H36O9/c1-13(29)36-20-9-19(32)27-12-35-23(33)25(20,3)17(27)8-18(31)26(4)22(27)16(30)10-24(2)15(14-5-6-34-11-14)7-21-28(24,26)37-21/h5-6,11,15,17-23,31-33H,7-10,12H2,1-4H3/t15-,17-,18+,19-,20+,21+,22-,23+,24-,25+,26+,27+,28+/m0/s1. The number of hydrogen-bond acceptors (Lipinski definition) is 9. The van der Waals surface area contributed by atoms with Crippen molar-refractivity contribution in [3.63, 3.8) is 0 Å². The van der Waals surface area contributed by atoms with E-state index >= 15 is 0 Å². The fourth-order valence-electron chi connectivity index (χ4n) is 10.7. The van der Waals surface area contributed by atoms with Crippen molar-refractivity contribution >= 4 is 11.8 Å². The van der Waals surface area contributed by atoms with Gasteiger partial charge in [-0.1, -0.05) is 20.8 Å². The van der Waals surface area contributed by atoms with Gasteiger partial charge in [0.2, 0.25) is 0 Å². The normalized spacial score (nSPS) is 57.5. The van der Waals surface area contributed by atoms with E-state index in [2.05, 4.69) is 6.92 Å². The summed E-state index contributed by atoms with van der Waals surface area (Å²) in [6.45, 7) is 7.15. The molecule has 2 aliphatic heterocycles. The summed E-state index contributed by atoms with van der Waals surface area (Å²) in [5, 5.41) is 34.9. The Balaban J connectivity index is 1.38. The van der Waals surface area contributed by atoms with Crippen LogP contribution in [0.1, 0.15) is 64.9 Å². The number of esters is 1. The van der Waals surface area contributed by atoms with Crippen LogP contribution < -0.4 is 0 Å². The Kier molecular flexibility index (Phi) is 4.62. The van der Waals surface area contributed by atoms with Crippen LogP contribution in [0.25, 0.3) is 0 Å². The van der Waals surface area contributed by atoms with Gasteiger partial charge in [0.25, 0.3) is 0 Å². The lowest BCUT2D eigenvalue weighted by Gasteiger charge is -2.72. The second-order valence-electron chi connectivity index (χ2n) is 13.3. The van der Waals surface area contributed by atoms with Gasteiger partial charge in [0, 0.05) is 41.9 Å². The van der Waals surface area contributed by atoms with Crippen molar-refractivity contribution in [3.05, 3.63) is 24.2 Å². The van der Waals surface area contributed by atoms with Crippen LogP contribution in [0.2, 0.25) is 0 Å². The van der Waals surface area contributed by atoms with Gasteiger partial charge in [0.05, 0.1) is 42.9 Å². The van der Waals surface area contributed by atoms with Crippen molar-refractivity contribution in [3.8, 4) is 0 Å². The maximum absolute atomic E-state index is 14.4. The van der Waals surface area contributed by atoms with E-state index in [1.807, 2.05) is 13.0 Å². The molecule has 1 spiro atoms. The highest BCUT2D eigenvalue weighted by Crippen LogP contribution is 2.82. The topological polar surface area (TPSA) is 139 Å². The first-order valence-electron chi connectivity index (χ1n) is 13.4. The first-order valence-corrected chi connectivity index (χ1v) is 13.4. The Bertz CT molecular complexity index is 1170. The maximum Gasteiger partial charge on any atom is 0.302 e. The van der Waals surface area contributed by atoms with Gasteiger partial charge < -0.3 is 33.9 Å². The van der Waals surface area contributed by atoms with Gasteiger partial charge in [-0.15, -0.1) is 0 Å². The number of fused-ring (bicyclic) bond motifs is 1. The summed E-state index contributed by atoms with van der Waals surface area (Å²) in [5.41, 5.74) is -3.37. The minimum atomic E-state index is -1.26. The molecular formula is C28H36O9. The first-order chi connectivity index (χ1) is 17.4. The zero-order chi connectivity index (χ0) is 26.3. The number of rotatable bonds is 2. The van der Waals surface area contributed by atoms with E-state index in [0.29, 0.717) is 0 Å². The molecule has 9 heteroatoms. The SMILES string of the molecule is CC(=O)O[C@@H]1C[C@H](O)[C@@]23CO[C@@H](O)[C@]1(C)[C@@H]2C[C@@H](O)[C@]1(C)[C@@H]3C(=O)C[C@@]2(C)[C@H](c3ccoc3)C[C@H]3O[C@@]312. The highest BCUT2D eigenvalue weighted by atomic mass is 16.6. The molecule has 0 aromatic carbocycles. The van der Waals surface area contributed by atoms with Crippen LogP contribution in [-0.2, 0) is 23.8 Å². The average molecular weight is 517 g/mol. The quantitative estimate of drug-likeness (QED) is 0.397. The molecule has 2 bridgehead atoms. The molecule has 4 aliphatic carbocycles. The summed E-state index contributed by atoms with van der Waals surface area (Å²) >= 11 is 0. The van der Waals surface area contributed by atoms with Crippen molar-refractivity contribution in [2.75, 3.05) is 6.61 Å². The number of aliphatic hydroxyl groups excluding tert-OH is 3. The van der Waals surface area contributed by atoms with Crippen molar-refractivity contribution in [2.24, 2.45) is 33.5 Å². The molecule has 13 atom stereocenters. The van der Waals surface area contributed by atoms with E-state index < -0.39 is 69.7 Å². The van der Waals surface area contributed by atoms with Crippen molar-refractivity contribution in [1.82, 2.24) is 0 Å². The summed E-state index contributed by atoms with van der Waals surface area (Å²) in [6, 6.07) is 1.95. The average Bonchev–Trinajstić information content (AvgIpc) is 3.19. The highest BCUT2D eigenvalue weighted by Gasteiger charge is 2.90. The number of carbonyl (C=O) groups excluding carboxylic acids is 2. The van der Waals surface area contributed by atoms with Gasteiger partial charge in [-0.25, -0.2) is 0 Å². The molecule has 1 aromatic rings. The molecule has 9 nitrogen and oxygen atoms in total. The lowest BCUT2D eigenvalue weighted by atomic mass is 9.33. The Hall–Kier alpha value is -1.78. The number of ketones is 1. The molecule has 2 saturated heterocycles. The highest BCUT2D eigenvalue weighted by molar-refractivity contribution is 5.87. The third-order valence-electron chi connectivity index (χ3n) is 12.2. The third-order valence-corrected chi connectivity index (χ3v) is 12.2. The number of ether oxygens (including phenoxy) is 3. The van der Waals surface area contributed by atoms with E-state index in [1.54, 1.807) is 19.5 Å².